The summed E-state index contributed by atoms with van der Waals surface area (Å²) in [7, 11) is 1.18. The molecule has 16 heteroatoms. The van der Waals surface area contributed by atoms with E-state index in [0.717, 1.165) is 10.4 Å². The second kappa shape index (κ2) is 18.2. The summed E-state index contributed by atoms with van der Waals surface area (Å²) in [5.41, 5.74) is 1.32. The number of carboxylic acid groups (broad SMARTS) is 1. The van der Waals surface area contributed by atoms with Crippen molar-refractivity contribution in [3.63, 3.8) is 0 Å². The first-order valence-electron chi connectivity index (χ1n) is 21.8. The van der Waals surface area contributed by atoms with Gasteiger partial charge in [0.25, 0.3) is 0 Å². The number of carboxylic acids is 1. The molecule has 0 aliphatic carbocycles. The van der Waals surface area contributed by atoms with Crippen molar-refractivity contribution < 1.29 is 48.4 Å². The van der Waals surface area contributed by atoms with Crippen molar-refractivity contribution in [1.29, 1.82) is 0 Å². The molecular weight excluding hydrogens is 857 g/mol. The quantitative estimate of drug-likeness (QED) is 0.109. The van der Waals surface area contributed by atoms with Crippen LogP contribution in [0.4, 0.5) is 10.5 Å². The van der Waals surface area contributed by atoms with E-state index in [4.69, 9.17) is 14.2 Å². The Balaban J connectivity index is 1.31. The molecule has 0 bridgehead atoms. The van der Waals surface area contributed by atoms with Crippen molar-refractivity contribution in [2.45, 2.75) is 56.1 Å². The predicted molar refractivity (Wildman–Crippen MR) is 242 cm³/mol. The van der Waals surface area contributed by atoms with Gasteiger partial charge in [-0.2, -0.15) is 0 Å². The highest BCUT2D eigenvalue weighted by Gasteiger charge is 2.76. The number of aromatic nitrogens is 3. The van der Waals surface area contributed by atoms with Gasteiger partial charge in [0.1, 0.15) is 53.9 Å². The van der Waals surface area contributed by atoms with Crippen LogP contribution in [0.5, 0.6) is 5.75 Å². The molecule has 2 fully saturated rings. The maximum atomic E-state index is 16.2. The normalized spacial score (nSPS) is 22.4. The van der Waals surface area contributed by atoms with Gasteiger partial charge in [-0.1, -0.05) is 116 Å². The number of fused-ring (bicyclic) bond motifs is 4. The first kappa shape index (κ1) is 44.3. The van der Waals surface area contributed by atoms with Gasteiger partial charge in [0.05, 0.1) is 37.0 Å². The van der Waals surface area contributed by atoms with Gasteiger partial charge < -0.3 is 29.7 Å². The van der Waals surface area contributed by atoms with Crippen molar-refractivity contribution in [2.75, 3.05) is 25.2 Å². The number of aliphatic carboxylic acids is 1. The fourth-order valence-corrected chi connectivity index (χ4v) is 9.98. The largest absolute Gasteiger partial charge is 0.491 e. The van der Waals surface area contributed by atoms with E-state index < -0.39 is 77.4 Å². The highest BCUT2D eigenvalue weighted by atomic mass is 16.6. The summed E-state index contributed by atoms with van der Waals surface area (Å²) in [5, 5.41) is 32.6. The lowest BCUT2D eigenvalue weighted by Crippen LogP contribution is -2.56. The number of rotatable bonds is 11. The molecule has 3 aliphatic heterocycles. The summed E-state index contributed by atoms with van der Waals surface area (Å²) in [4.78, 5) is 76.1. The minimum absolute atomic E-state index is 0.0238. The van der Waals surface area contributed by atoms with Crippen LogP contribution in [0.1, 0.15) is 59.9 Å². The van der Waals surface area contributed by atoms with Crippen molar-refractivity contribution in [3.8, 4) is 17.6 Å². The van der Waals surface area contributed by atoms with Crippen molar-refractivity contribution in [2.24, 2.45) is 11.8 Å². The molecule has 9 rings (SSSR count). The van der Waals surface area contributed by atoms with Gasteiger partial charge in [0.15, 0.2) is 0 Å². The topological polar surface area (TPSA) is 203 Å². The molecule has 3 amide bonds. The third-order valence-electron chi connectivity index (χ3n) is 12.7. The number of urea groups is 1. The molecule has 2 saturated heterocycles. The molecule has 4 heterocycles. The number of hydrogen-bond acceptors (Lipinski definition) is 12. The average molecular weight is 903 g/mol. The highest BCUT2D eigenvalue weighted by Crippen LogP contribution is 2.66. The molecular formula is C51H46N6O10. The molecule has 3 aliphatic rings. The van der Waals surface area contributed by atoms with Crippen molar-refractivity contribution in [3.05, 3.63) is 155 Å². The summed E-state index contributed by atoms with van der Waals surface area (Å²) in [6, 6.07) is 31.1. The van der Waals surface area contributed by atoms with E-state index in [-0.39, 0.29) is 31.0 Å². The third kappa shape index (κ3) is 7.61. The van der Waals surface area contributed by atoms with E-state index >= 15 is 4.79 Å². The summed E-state index contributed by atoms with van der Waals surface area (Å²) >= 11 is 0. The van der Waals surface area contributed by atoms with Crippen molar-refractivity contribution >= 4 is 46.6 Å². The van der Waals surface area contributed by atoms with E-state index in [9.17, 15) is 29.4 Å². The first-order valence-corrected chi connectivity index (χ1v) is 21.8. The van der Waals surface area contributed by atoms with E-state index in [1.807, 2.05) is 84.9 Å². The smallest absolute Gasteiger partial charge is 0.329 e. The van der Waals surface area contributed by atoms with Gasteiger partial charge in [-0.3, -0.25) is 19.3 Å². The molecule has 3 N–H and O–H groups in total. The average Bonchev–Trinajstić information content (AvgIpc) is 3.98. The fraction of sp³-hybridized carbons (Fsp3) is 0.275. The molecule has 0 unspecified atom stereocenters. The summed E-state index contributed by atoms with van der Waals surface area (Å²) in [6.45, 7) is 3.15. The number of cyclic esters (lactones) is 1. The number of nitrogens with zero attached hydrogens (tertiary/aromatic N) is 5. The summed E-state index contributed by atoms with van der Waals surface area (Å²) in [5.74, 6) is 0.0987. The lowest BCUT2D eigenvalue weighted by atomic mass is 9.65. The van der Waals surface area contributed by atoms with Crippen LogP contribution in [0.2, 0.25) is 0 Å². The Kier molecular flexibility index (Phi) is 12.0. The van der Waals surface area contributed by atoms with Gasteiger partial charge in [-0.15, -0.1) is 5.10 Å². The molecule has 1 aromatic heterocycles. The number of amides is 3. The lowest BCUT2D eigenvalue weighted by molar-refractivity contribution is -0.179. The predicted octanol–water partition coefficient (Wildman–Crippen LogP) is 5.51. The number of esters is 2. The van der Waals surface area contributed by atoms with Crippen LogP contribution in [0.15, 0.2) is 127 Å². The van der Waals surface area contributed by atoms with Gasteiger partial charge in [0.2, 0.25) is 5.91 Å². The summed E-state index contributed by atoms with van der Waals surface area (Å²) < 4.78 is 18.9. The molecule has 0 saturated carbocycles. The SMILES string of the molecule is COC(=O)[C@@H](NC(=O)N1C(=O)[C@@]2(c3cc(C#CCn4nnc5ccccc54)ccc31)[C@H](C(=O)O)[C@H]1C(=O)O[C@H](c3ccccc3)[C@H](c3ccccc3)N1[C@@H]2c1cccc(OCCO)c1)C(C)C. The van der Waals surface area contributed by atoms with Crippen LogP contribution in [0, 0.1) is 23.7 Å². The molecule has 0 radical (unpaired) electrons. The number of ether oxygens (including phenoxy) is 3. The van der Waals surface area contributed by atoms with Gasteiger partial charge in [-0.25, -0.2) is 19.2 Å². The number of benzene rings is 5. The van der Waals surface area contributed by atoms with Crippen LogP contribution in [0.25, 0.3) is 11.0 Å². The van der Waals surface area contributed by atoms with Crippen LogP contribution >= 0.6 is 0 Å². The Hall–Kier alpha value is -7.87. The number of aliphatic hydroxyl groups is 1. The monoisotopic (exact) mass is 902 g/mol. The molecule has 67 heavy (non-hydrogen) atoms. The van der Waals surface area contributed by atoms with Crippen molar-refractivity contribution in [1.82, 2.24) is 25.2 Å². The number of para-hydroxylation sites is 1. The number of aliphatic hydroxyl groups excluding tert-OH is 1. The second-order valence-corrected chi connectivity index (χ2v) is 16.9. The van der Waals surface area contributed by atoms with E-state index in [0.29, 0.717) is 33.5 Å². The van der Waals surface area contributed by atoms with Crippen LogP contribution < -0.4 is 15.0 Å². The number of carbonyl (C=O) groups excluding carboxylic acids is 4. The molecule has 5 aromatic carbocycles. The minimum Gasteiger partial charge on any atom is -0.491 e. The lowest BCUT2D eigenvalue weighted by Gasteiger charge is -2.46. The fourth-order valence-electron chi connectivity index (χ4n) is 9.98. The molecule has 16 nitrogen and oxygen atoms in total. The Bertz CT molecular complexity index is 2950. The van der Waals surface area contributed by atoms with E-state index in [2.05, 4.69) is 27.5 Å². The number of hydrogen-bond donors (Lipinski definition) is 3. The number of carbonyl (C=O) groups is 5. The van der Waals surface area contributed by atoms with Crippen LogP contribution in [0.3, 0.4) is 0 Å². The second-order valence-electron chi connectivity index (χ2n) is 16.9. The maximum Gasteiger partial charge on any atom is 0.329 e. The first-order chi connectivity index (χ1) is 32.5. The molecule has 6 aromatic rings. The maximum absolute atomic E-state index is 16.2. The zero-order valence-corrected chi connectivity index (χ0v) is 36.7. The number of imide groups is 1. The summed E-state index contributed by atoms with van der Waals surface area (Å²) in [6.07, 6.45) is -0.999. The molecule has 7 atom stereocenters. The number of nitrogens with one attached hydrogen (secondary N) is 1. The minimum atomic E-state index is -2.27. The zero-order chi connectivity index (χ0) is 47.0. The highest BCUT2D eigenvalue weighted by molar-refractivity contribution is 6.24. The molecule has 340 valence electrons. The Labute approximate surface area is 385 Å². The van der Waals surface area contributed by atoms with E-state index in [1.165, 1.54) is 13.2 Å². The van der Waals surface area contributed by atoms with Gasteiger partial charge in [0, 0.05) is 5.56 Å². The van der Waals surface area contributed by atoms with Crippen LogP contribution in [-0.2, 0) is 40.6 Å². The third-order valence-corrected chi connectivity index (χ3v) is 12.7. The zero-order valence-electron chi connectivity index (χ0n) is 36.7. The number of methoxy groups -OCH3 is 1. The number of morpholine rings is 1. The van der Waals surface area contributed by atoms with Gasteiger partial charge >= 0.3 is 23.9 Å². The molecule has 1 spiro atoms. The Morgan fingerprint density at radius 1 is 0.866 bits per heavy atom. The van der Waals surface area contributed by atoms with E-state index in [1.54, 1.807) is 59.8 Å². The van der Waals surface area contributed by atoms with Gasteiger partial charge in [-0.05, 0) is 70.6 Å². The standard InChI is InChI=1S/C51H46N6O10/c1-30(2)41(47(61)65-3)52-50(64)56-38-24-23-31(14-13-25-55-39-22-11-10-21-37(39)53-54-55)28-36(38)51(49(56)63)40(46(59)60)43-48(62)67-44(33-17-8-5-9-18-33)42(32-15-6-4-7-16-32)57(43)45(51)34-19-12-20-35(29-34)66-27-26-58/h4-12,15-24,28-30,40-45,58H,25-27H2,1-3H3,(H,52,64)(H,59,60)/t40-,41-,42-,43-,44+,45+,51-/m0/s1. The Morgan fingerprint density at radius 3 is 2.27 bits per heavy atom. The van der Waals surface area contributed by atoms with Crippen LogP contribution in [-0.4, -0.2) is 92.4 Å². The number of anilines is 1. The Morgan fingerprint density at radius 2 is 1.57 bits per heavy atom.